The molecule has 1 aliphatic carbocycles. The second-order valence-corrected chi connectivity index (χ2v) is 6.85. The molecule has 17 heavy (non-hydrogen) atoms. The molecular weight excluding hydrogens is 208 g/mol. The van der Waals surface area contributed by atoms with Crippen LogP contribution in [0, 0.1) is 17.3 Å². The largest absolute Gasteiger partial charge is 0.299 e. The summed E-state index contributed by atoms with van der Waals surface area (Å²) in [6.07, 6.45) is 9.41. The van der Waals surface area contributed by atoms with Crippen LogP contribution in [0.3, 0.4) is 0 Å². The molecule has 0 aliphatic heterocycles. The van der Waals surface area contributed by atoms with Gasteiger partial charge in [-0.3, -0.25) is 4.79 Å². The molecule has 0 spiro atoms. The molecule has 1 saturated carbocycles. The van der Waals surface area contributed by atoms with Gasteiger partial charge < -0.3 is 0 Å². The van der Waals surface area contributed by atoms with Crippen molar-refractivity contribution in [1.29, 1.82) is 0 Å². The van der Waals surface area contributed by atoms with E-state index < -0.39 is 0 Å². The van der Waals surface area contributed by atoms with Gasteiger partial charge in [-0.15, -0.1) is 0 Å². The summed E-state index contributed by atoms with van der Waals surface area (Å²) in [7, 11) is 0. The summed E-state index contributed by atoms with van der Waals surface area (Å²) >= 11 is 0. The Bertz CT molecular complexity index is 236. The molecule has 1 fully saturated rings. The van der Waals surface area contributed by atoms with Crippen LogP contribution in [0.15, 0.2) is 0 Å². The van der Waals surface area contributed by atoms with Gasteiger partial charge in [-0.05, 0) is 30.6 Å². The maximum atomic E-state index is 11.9. The van der Waals surface area contributed by atoms with E-state index in [-0.39, 0.29) is 0 Å². The van der Waals surface area contributed by atoms with Crippen LogP contribution >= 0.6 is 0 Å². The highest BCUT2D eigenvalue weighted by molar-refractivity contribution is 5.81. The molecule has 1 rings (SSSR count). The Morgan fingerprint density at radius 2 is 1.88 bits per heavy atom. The number of Topliss-reactive ketones (excluding diaryl/α,β-unsaturated/α-hetero) is 1. The second-order valence-electron chi connectivity index (χ2n) is 6.85. The zero-order chi connectivity index (χ0) is 12.9. The van der Waals surface area contributed by atoms with E-state index in [1.807, 2.05) is 0 Å². The quantitative estimate of drug-likeness (QED) is 0.617. The Morgan fingerprint density at radius 3 is 2.47 bits per heavy atom. The van der Waals surface area contributed by atoms with Gasteiger partial charge in [0.15, 0.2) is 0 Å². The van der Waals surface area contributed by atoms with Gasteiger partial charge in [0.2, 0.25) is 0 Å². The van der Waals surface area contributed by atoms with Gasteiger partial charge in [-0.2, -0.15) is 0 Å². The SMILES string of the molecule is CCCCCCC1CC(C(C)(C)C)CCC1=O. The highest BCUT2D eigenvalue weighted by Gasteiger charge is 2.34. The molecule has 1 heteroatoms. The van der Waals surface area contributed by atoms with Crippen molar-refractivity contribution in [1.82, 2.24) is 0 Å². The van der Waals surface area contributed by atoms with Gasteiger partial charge in [-0.1, -0.05) is 53.4 Å². The van der Waals surface area contributed by atoms with Crippen molar-refractivity contribution in [2.24, 2.45) is 17.3 Å². The summed E-state index contributed by atoms with van der Waals surface area (Å²) in [4.78, 5) is 11.9. The normalized spacial score (nSPS) is 26.2. The maximum Gasteiger partial charge on any atom is 0.135 e. The molecule has 0 bridgehead atoms. The first-order valence-electron chi connectivity index (χ1n) is 7.48. The topological polar surface area (TPSA) is 17.1 Å². The monoisotopic (exact) mass is 238 g/mol. The zero-order valence-electron chi connectivity index (χ0n) is 12.2. The van der Waals surface area contributed by atoms with E-state index in [1.54, 1.807) is 0 Å². The minimum absolute atomic E-state index is 0.377. The first kappa shape index (κ1) is 14.7. The number of carbonyl (C=O) groups excluding carboxylic acids is 1. The number of rotatable bonds is 5. The molecule has 0 N–H and O–H groups in total. The summed E-state index contributed by atoms with van der Waals surface area (Å²) < 4.78 is 0. The average Bonchev–Trinajstić information content (AvgIpc) is 2.25. The van der Waals surface area contributed by atoms with Gasteiger partial charge in [0, 0.05) is 12.3 Å². The minimum Gasteiger partial charge on any atom is -0.299 e. The van der Waals surface area contributed by atoms with E-state index in [4.69, 9.17) is 0 Å². The van der Waals surface area contributed by atoms with Crippen LogP contribution in [0.5, 0.6) is 0 Å². The second kappa shape index (κ2) is 6.56. The van der Waals surface area contributed by atoms with Crippen molar-refractivity contribution >= 4 is 5.78 Å². The Morgan fingerprint density at radius 1 is 1.18 bits per heavy atom. The van der Waals surface area contributed by atoms with Gasteiger partial charge in [0.05, 0.1) is 0 Å². The molecule has 0 aromatic carbocycles. The van der Waals surface area contributed by atoms with Crippen molar-refractivity contribution in [2.75, 3.05) is 0 Å². The first-order chi connectivity index (χ1) is 7.95. The highest BCUT2D eigenvalue weighted by atomic mass is 16.1. The Kier molecular flexibility index (Phi) is 5.69. The Labute approximate surface area is 107 Å². The molecule has 0 aromatic heterocycles. The van der Waals surface area contributed by atoms with E-state index in [9.17, 15) is 4.79 Å². The number of carbonyl (C=O) groups is 1. The molecular formula is C16H30O. The maximum absolute atomic E-state index is 11.9. The predicted molar refractivity (Wildman–Crippen MR) is 74.1 cm³/mol. The van der Waals surface area contributed by atoms with Crippen LogP contribution in [-0.2, 0) is 4.79 Å². The van der Waals surface area contributed by atoms with Crippen molar-refractivity contribution in [3.05, 3.63) is 0 Å². The van der Waals surface area contributed by atoms with Gasteiger partial charge in [-0.25, -0.2) is 0 Å². The van der Waals surface area contributed by atoms with E-state index >= 15 is 0 Å². The summed E-state index contributed by atoms with van der Waals surface area (Å²) in [5, 5.41) is 0. The van der Waals surface area contributed by atoms with E-state index in [1.165, 1.54) is 25.7 Å². The molecule has 1 aliphatic rings. The highest BCUT2D eigenvalue weighted by Crippen LogP contribution is 2.40. The van der Waals surface area contributed by atoms with Crippen molar-refractivity contribution < 1.29 is 4.79 Å². The number of hydrogen-bond donors (Lipinski definition) is 0. The summed E-state index contributed by atoms with van der Waals surface area (Å²) in [5.74, 6) is 1.67. The van der Waals surface area contributed by atoms with E-state index in [0.29, 0.717) is 17.1 Å². The lowest BCUT2D eigenvalue weighted by Crippen LogP contribution is -2.32. The third-order valence-electron chi connectivity index (χ3n) is 4.39. The fourth-order valence-electron chi connectivity index (χ4n) is 3.00. The number of hydrogen-bond acceptors (Lipinski definition) is 1. The van der Waals surface area contributed by atoms with E-state index in [0.717, 1.165) is 31.6 Å². The summed E-state index contributed by atoms with van der Waals surface area (Å²) in [6.45, 7) is 9.20. The van der Waals surface area contributed by atoms with Crippen LogP contribution in [0.1, 0.15) is 79.1 Å². The molecule has 0 saturated heterocycles. The molecule has 100 valence electrons. The van der Waals surface area contributed by atoms with Gasteiger partial charge >= 0.3 is 0 Å². The standard InChI is InChI=1S/C16H30O/c1-5-6-7-8-9-13-12-14(16(2,3)4)10-11-15(13)17/h13-14H,5-12H2,1-4H3. The van der Waals surface area contributed by atoms with Gasteiger partial charge in [0.25, 0.3) is 0 Å². The molecule has 0 aromatic rings. The van der Waals surface area contributed by atoms with Crippen LogP contribution < -0.4 is 0 Å². The molecule has 0 amide bonds. The van der Waals surface area contributed by atoms with Crippen molar-refractivity contribution in [3.63, 3.8) is 0 Å². The van der Waals surface area contributed by atoms with Crippen LogP contribution in [0.4, 0.5) is 0 Å². The molecule has 2 unspecified atom stereocenters. The molecule has 1 nitrogen and oxygen atoms in total. The summed E-state index contributed by atoms with van der Waals surface area (Å²) in [5.41, 5.74) is 0.377. The fourth-order valence-corrected chi connectivity index (χ4v) is 3.00. The Hall–Kier alpha value is -0.330. The fraction of sp³-hybridized carbons (Fsp3) is 0.938. The summed E-state index contributed by atoms with van der Waals surface area (Å²) in [6, 6.07) is 0. The average molecular weight is 238 g/mol. The van der Waals surface area contributed by atoms with Crippen LogP contribution in [0.25, 0.3) is 0 Å². The van der Waals surface area contributed by atoms with Crippen LogP contribution in [-0.4, -0.2) is 5.78 Å². The number of ketones is 1. The number of unbranched alkanes of at least 4 members (excludes halogenated alkanes) is 3. The van der Waals surface area contributed by atoms with Crippen molar-refractivity contribution in [2.45, 2.75) is 79.1 Å². The lowest BCUT2D eigenvalue weighted by molar-refractivity contribution is -0.126. The molecule has 0 radical (unpaired) electrons. The predicted octanol–water partition coefficient (Wildman–Crippen LogP) is 4.99. The lowest BCUT2D eigenvalue weighted by Gasteiger charge is -2.37. The third kappa shape index (κ3) is 4.81. The van der Waals surface area contributed by atoms with Crippen LogP contribution in [0.2, 0.25) is 0 Å². The smallest absolute Gasteiger partial charge is 0.135 e. The lowest BCUT2D eigenvalue weighted by atomic mass is 9.68. The van der Waals surface area contributed by atoms with Gasteiger partial charge in [0.1, 0.15) is 5.78 Å². The zero-order valence-corrected chi connectivity index (χ0v) is 12.2. The van der Waals surface area contributed by atoms with Crippen molar-refractivity contribution in [3.8, 4) is 0 Å². The molecule has 2 atom stereocenters. The first-order valence-corrected chi connectivity index (χ1v) is 7.48. The van der Waals surface area contributed by atoms with E-state index in [2.05, 4.69) is 27.7 Å². The minimum atomic E-state index is 0.377. The molecule has 0 heterocycles. The third-order valence-corrected chi connectivity index (χ3v) is 4.39. The Balaban J connectivity index is 2.38.